The monoisotopic (exact) mass is 486 g/mol. The molecule has 3 aromatic carbocycles. The third-order valence-electron chi connectivity index (χ3n) is 7.51. The lowest BCUT2D eigenvalue weighted by atomic mass is 9.73. The van der Waals surface area contributed by atoms with Gasteiger partial charge in [-0.05, 0) is 54.0 Å². The normalized spacial score (nSPS) is 30.4. The van der Waals surface area contributed by atoms with Crippen molar-refractivity contribution >= 4 is 23.1 Å². The quantitative estimate of drug-likeness (QED) is 0.346. The van der Waals surface area contributed by atoms with Crippen LogP contribution < -0.4 is 10.0 Å². The predicted octanol–water partition coefficient (Wildman–Crippen LogP) is 6.31. The summed E-state index contributed by atoms with van der Waals surface area (Å²) in [5.74, 6) is 7.38. The highest BCUT2D eigenvalue weighted by atomic mass is 32.4. The van der Waals surface area contributed by atoms with Crippen LogP contribution in [0.25, 0.3) is 0 Å². The second-order valence-electron chi connectivity index (χ2n) is 9.46. The molecule has 0 amide bonds. The van der Waals surface area contributed by atoms with E-state index in [4.69, 9.17) is 16.5 Å². The Morgan fingerprint density at radius 1 is 0.882 bits per heavy atom. The van der Waals surface area contributed by atoms with Crippen molar-refractivity contribution in [1.82, 2.24) is 0 Å². The van der Waals surface area contributed by atoms with Gasteiger partial charge in [-0.1, -0.05) is 115 Å². The van der Waals surface area contributed by atoms with Crippen LogP contribution in [-0.2, 0) is 11.8 Å². The number of hydrogen-bond acceptors (Lipinski definition) is 3. The van der Waals surface area contributed by atoms with Crippen molar-refractivity contribution in [3.8, 4) is 17.6 Å². The van der Waals surface area contributed by atoms with Crippen molar-refractivity contribution in [2.45, 2.75) is 49.0 Å². The lowest BCUT2D eigenvalue weighted by Gasteiger charge is -2.54. The molecular weight excluding hydrogens is 455 g/mol. The largest absolute Gasteiger partial charge is 0.481 e. The number of ether oxygens (including phenoxy) is 1. The van der Waals surface area contributed by atoms with Crippen molar-refractivity contribution in [2.24, 2.45) is 5.92 Å². The number of aliphatic hydroxyl groups is 1. The molecule has 2 nitrogen and oxygen atoms in total. The van der Waals surface area contributed by atoms with E-state index in [1.807, 2.05) is 30.3 Å². The minimum Gasteiger partial charge on any atom is -0.481 e. The van der Waals surface area contributed by atoms with E-state index < -0.39 is 11.6 Å². The molecule has 0 spiro atoms. The first-order valence-corrected chi connectivity index (χ1v) is 15.2. The van der Waals surface area contributed by atoms with E-state index in [0.717, 1.165) is 25.0 Å². The van der Waals surface area contributed by atoms with Gasteiger partial charge in [-0.3, -0.25) is 0 Å². The fraction of sp³-hybridized carbons (Fsp3) is 0.333. The third kappa shape index (κ3) is 4.48. The molecule has 3 aromatic rings. The van der Waals surface area contributed by atoms with E-state index in [9.17, 15) is 5.11 Å². The fourth-order valence-corrected chi connectivity index (χ4v) is 12.2. The van der Waals surface area contributed by atoms with Crippen LogP contribution in [0.2, 0.25) is 0 Å². The molecule has 5 atom stereocenters. The van der Waals surface area contributed by atoms with Gasteiger partial charge in [0.05, 0.1) is 0 Å². The lowest BCUT2D eigenvalue weighted by Crippen LogP contribution is -2.51. The Morgan fingerprint density at radius 3 is 2.21 bits per heavy atom. The van der Waals surface area contributed by atoms with Gasteiger partial charge in [0, 0.05) is 11.6 Å². The molecule has 0 aromatic heterocycles. The zero-order chi connectivity index (χ0) is 23.4. The Hall–Kier alpha value is -2.37. The Labute approximate surface area is 208 Å². The molecule has 1 aliphatic carbocycles. The maximum atomic E-state index is 12.1. The molecule has 4 heteroatoms. The predicted molar refractivity (Wildman–Crippen MR) is 145 cm³/mol. The van der Waals surface area contributed by atoms with Crippen molar-refractivity contribution in [3.05, 3.63) is 96.6 Å². The standard InChI is InChI=1S/C30H31O2PS/c31-30(21-12-22-32-25-15-6-2-7-16-25)23-29(24-13-4-1-5-14-24)33(34,26-17-8-3-9-18-26)28-20-11-10-19-27(28)30/h1-9,13-18,27-29,31H,10-11,19-20,22-23H2. The molecule has 1 aliphatic heterocycles. The molecule has 174 valence electrons. The molecule has 34 heavy (non-hydrogen) atoms. The van der Waals surface area contributed by atoms with Crippen LogP contribution in [0.15, 0.2) is 91.0 Å². The van der Waals surface area contributed by atoms with Crippen LogP contribution in [-0.4, -0.2) is 23.0 Å². The van der Waals surface area contributed by atoms with E-state index in [0.29, 0.717) is 12.1 Å². The van der Waals surface area contributed by atoms with Gasteiger partial charge in [0.15, 0.2) is 0 Å². The van der Waals surface area contributed by atoms with Gasteiger partial charge >= 0.3 is 0 Å². The van der Waals surface area contributed by atoms with Crippen molar-refractivity contribution in [1.29, 1.82) is 0 Å². The van der Waals surface area contributed by atoms with E-state index in [-0.39, 0.29) is 18.2 Å². The Balaban J connectivity index is 1.53. The highest BCUT2D eigenvalue weighted by molar-refractivity contribution is 8.18. The molecule has 0 radical (unpaired) electrons. The maximum absolute atomic E-state index is 12.1. The van der Waals surface area contributed by atoms with Crippen LogP contribution in [0, 0.1) is 17.8 Å². The van der Waals surface area contributed by atoms with Gasteiger partial charge in [0.2, 0.25) is 0 Å². The number of para-hydroxylation sites is 1. The van der Waals surface area contributed by atoms with Crippen LogP contribution in [0.4, 0.5) is 0 Å². The summed E-state index contributed by atoms with van der Waals surface area (Å²) in [4.78, 5) is 0. The highest BCUT2D eigenvalue weighted by Gasteiger charge is 2.56. The molecule has 1 heterocycles. The van der Waals surface area contributed by atoms with Gasteiger partial charge in [0.1, 0.15) is 18.0 Å². The summed E-state index contributed by atoms with van der Waals surface area (Å²) in [6, 6.07) is 29.0. The van der Waals surface area contributed by atoms with E-state index in [2.05, 4.69) is 72.5 Å². The van der Waals surface area contributed by atoms with E-state index >= 15 is 0 Å². The SMILES string of the molecule is OC1(C#CCOc2ccccc2)CC(c2ccccc2)P(=S)(c2ccccc2)C2CCCCC21. The molecule has 2 aliphatic rings. The molecular formula is C30H31O2PS. The maximum Gasteiger partial charge on any atom is 0.149 e. The Bertz CT molecular complexity index is 1200. The topological polar surface area (TPSA) is 29.5 Å². The first-order valence-electron chi connectivity index (χ1n) is 12.2. The minimum atomic E-state index is -2.02. The molecule has 1 saturated heterocycles. The second kappa shape index (κ2) is 10.1. The van der Waals surface area contributed by atoms with Crippen molar-refractivity contribution in [2.75, 3.05) is 6.61 Å². The molecule has 1 saturated carbocycles. The first kappa shape index (κ1) is 23.4. The van der Waals surface area contributed by atoms with Crippen LogP contribution in [0.3, 0.4) is 0 Å². The third-order valence-corrected chi connectivity index (χ3v) is 13.8. The lowest BCUT2D eigenvalue weighted by molar-refractivity contribution is 0.00693. The molecule has 5 unspecified atom stereocenters. The Morgan fingerprint density at radius 2 is 1.50 bits per heavy atom. The number of fused-ring (bicyclic) bond motifs is 1. The zero-order valence-electron chi connectivity index (χ0n) is 19.3. The summed E-state index contributed by atoms with van der Waals surface area (Å²) in [6.07, 6.45) is 4.95. The van der Waals surface area contributed by atoms with Gasteiger partial charge in [-0.25, -0.2) is 0 Å². The number of hydrogen-bond donors (Lipinski definition) is 1. The summed E-state index contributed by atoms with van der Waals surface area (Å²) >= 11 is 6.75. The first-order chi connectivity index (χ1) is 16.6. The zero-order valence-corrected chi connectivity index (χ0v) is 21.1. The average molecular weight is 487 g/mol. The van der Waals surface area contributed by atoms with Crippen molar-refractivity contribution < 1.29 is 9.84 Å². The molecule has 0 bridgehead atoms. The summed E-state index contributed by atoms with van der Waals surface area (Å²) in [6.45, 7) is 0.270. The second-order valence-corrected chi connectivity index (χ2v) is 14.5. The van der Waals surface area contributed by atoms with E-state index in [1.54, 1.807) is 0 Å². The molecule has 1 N–H and O–H groups in total. The van der Waals surface area contributed by atoms with E-state index in [1.165, 1.54) is 17.3 Å². The smallest absolute Gasteiger partial charge is 0.149 e. The summed E-state index contributed by atoms with van der Waals surface area (Å²) in [5.41, 5.74) is 0.592. The fourth-order valence-electron chi connectivity index (χ4n) is 5.96. The molecule has 2 fully saturated rings. The van der Waals surface area contributed by atoms with Gasteiger partial charge in [-0.15, -0.1) is 0 Å². The van der Waals surface area contributed by atoms with Crippen LogP contribution in [0.1, 0.15) is 43.3 Å². The summed E-state index contributed by atoms with van der Waals surface area (Å²) in [5, 5.41) is 13.4. The average Bonchev–Trinajstić information content (AvgIpc) is 2.91. The van der Waals surface area contributed by atoms with Gasteiger partial charge in [0.25, 0.3) is 0 Å². The molecule has 5 rings (SSSR count). The van der Waals surface area contributed by atoms with Gasteiger partial charge in [-0.2, -0.15) is 0 Å². The van der Waals surface area contributed by atoms with Crippen LogP contribution in [0.5, 0.6) is 5.75 Å². The van der Waals surface area contributed by atoms with Gasteiger partial charge < -0.3 is 9.84 Å². The summed E-state index contributed by atoms with van der Waals surface area (Å²) in [7, 11) is 0. The van der Waals surface area contributed by atoms with Crippen LogP contribution >= 0.6 is 6.04 Å². The Kier molecular flexibility index (Phi) is 6.94. The van der Waals surface area contributed by atoms with Crippen molar-refractivity contribution in [3.63, 3.8) is 0 Å². The minimum absolute atomic E-state index is 0.108. The summed E-state index contributed by atoms with van der Waals surface area (Å²) < 4.78 is 5.80. The highest BCUT2D eigenvalue weighted by Crippen LogP contribution is 2.72. The number of benzene rings is 3. The number of rotatable bonds is 4.